The van der Waals surface area contributed by atoms with E-state index in [-0.39, 0.29) is 41.3 Å². The molecule has 1 amide bonds. The fourth-order valence-electron chi connectivity index (χ4n) is 7.37. The average Bonchev–Trinajstić information content (AvgIpc) is 2.99. The normalized spacial score (nSPS) is 24.2. The zero-order chi connectivity index (χ0) is 29.9. The number of benzene rings is 3. The van der Waals surface area contributed by atoms with Gasteiger partial charge in [-0.2, -0.15) is 0 Å². The van der Waals surface area contributed by atoms with Gasteiger partial charge in [-0.25, -0.2) is 0 Å². The van der Waals surface area contributed by atoms with Gasteiger partial charge in [0.05, 0.1) is 7.11 Å². The van der Waals surface area contributed by atoms with Gasteiger partial charge in [0.1, 0.15) is 11.9 Å². The highest BCUT2D eigenvalue weighted by Gasteiger charge is 2.54. The maximum Gasteiger partial charge on any atom is 0.302 e. The maximum absolute atomic E-state index is 14.4. The molecule has 0 N–H and O–H groups in total. The van der Waals surface area contributed by atoms with Crippen molar-refractivity contribution in [3.05, 3.63) is 90.5 Å². The Labute approximate surface area is 250 Å². The number of nitrogens with zero attached hydrogens (tertiary/aromatic N) is 2. The summed E-state index contributed by atoms with van der Waals surface area (Å²) < 4.78 is 11.8. The number of fused-ring (bicyclic) bond motifs is 2. The summed E-state index contributed by atoms with van der Waals surface area (Å²) in [4.78, 5) is 31.4. The molecule has 4 atom stereocenters. The van der Waals surface area contributed by atoms with Gasteiger partial charge in [0, 0.05) is 55.9 Å². The summed E-state index contributed by atoms with van der Waals surface area (Å²) in [5, 5.41) is 2.17. The Morgan fingerprint density at radius 1 is 1.10 bits per heavy atom. The maximum atomic E-state index is 14.4. The molecular formula is C36H44N2O4. The molecule has 2 fully saturated rings. The molecule has 1 aliphatic carbocycles. The van der Waals surface area contributed by atoms with Crippen LogP contribution in [0.2, 0.25) is 0 Å². The summed E-state index contributed by atoms with van der Waals surface area (Å²) >= 11 is 0. The number of piperidine rings is 1. The second-order valence-electron chi connectivity index (χ2n) is 12.4. The van der Waals surface area contributed by atoms with Crippen LogP contribution in [0.15, 0.2) is 79.4 Å². The second-order valence-corrected chi connectivity index (χ2v) is 12.4. The Bertz CT molecular complexity index is 1430. The Morgan fingerprint density at radius 2 is 1.88 bits per heavy atom. The lowest BCUT2D eigenvalue weighted by Gasteiger charge is -2.56. The molecule has 0 radical (unpaired) electrons. The first kappa shape index (κ1) is 29.8. The predicted molar refractivity (Wildman–Crippen MR) is 168 cm³/mol. The smallest absolute Gasteiger partial charge is 0.302 e. The fourth-order valence-corrected chi connectivity index (χ4v) is 7.37. The zero-order valence-corrected chi connectivity index (χ0v) is 25.4. The van der Waals surface area contributed by atoms with Gasteiger partial charge in [-0.1, -0.05) is 62.4 Å². The van der Waals surface area contributed by atoms with Crippen molar-refractivity contribution in [2.24, 2.45) is 11.8 Å². The number of methoxy groups -OCH3 is 1. The highest BCUT2D eigenvalue weighted by molar-refractivity contribution is 5.98. The van der Waals surface area contributed by atoms with Crippen LogP contribution in [0.3, 0.4) is 0 Å². The second kappa shape index (κ2) is 12.7. The molecule has 0 aromatic heterocycles. The minimum absolute atomic E-state index is 0.0318. The highest BCUT2D eigenvalue weighted by atomic mass is 16.5. The van der Waals surface area contributed by atoms with Gasteiger partial charge >= 0.3 is 5.97 Å². The van der Waals surface area contributed by atoms with Gasteiger partial charge in [-0.05, 0) is 65.9 Å². The van der Waals surface area contributed by atoms with Crippen molar-refractivity contribution in [3.8, 4) is 5.75 Å². The van der Waals surface area contributed by atoms with Crippen LogP contribution in [0.4, 0.5) is 0 Å². The van der Waals surface area contributed by atoms with Crippen LogP contribution in [0.5, 0.6) is 5.75 Å². The Kier molecular flexibility index (Phi) is 9.02. The molecule has 1 aliphatic heterocycles. The molecule has 222 valence electrons. The van der Waals surface area contributed by atoms with Gasteiger partial charge in [-0.3, -0.25) is 14.5 Å². The monoisotopic (exact) mass is 568 g/mol. The molecule has 6 nitrogen and oxygen atoms in total. The van der Waals surface area contributed by atoms with E-state index in [0.717, 1.165) is 49.0 Å². The van der Waals surface area contributed by atoms with Crippen molar-refractivity contribution in [2.45, 2.75) is 57.6 Å². The molecule has 0 bridgehead atoms. The number of amides is 1. The molecule has 3 aromatic carbocycles. The lowest BCUT2D eigenvalue weighted by molar-refractivity contribution is -0.158. The van der Waals surface area contributed by atoms with Crippen LogP contribution in [0, 0.1) is 11.8 Å². The summed E-state index contributed by atoms with van der Waals surface area (Å²) in [6.07, 6.45) is 3.93. The van der Waals surface area contributed by atoms with Gasteiger partial charge < -0.3 is 14.4 Å². The third-order valence-corrected chi connectivity index (χ3v) is 9.20. The van der Waals surface area contributed by atoms with E-state index < -0.39 is 0 Å². The number of ether oxygens (including phenoxy) is 2. The Hall–Kier alpha value is -3.64. The van der Waals surface area contributed by atoms with E-state index in [1.165, 1.54) is 12.5 Å². The summed E-state index contributed by atoms with van der Waals surface area (Å²) in [7, 11) is 1.69. The number of rotatable bonds is 9. The van der Waals surface area contributed by atoms with Crippen LogP contribution in [0.1, 0.15) is 56.0 Å². The molecule has 6 heteroatoms. The first-order valence-corrected chi connectivity index (χ1v) is 15.2. The van der Waals surface area contributed by atoms with E-state index in [4.69, 9.17) is 9.47 Å². The number of likely N-dealkylation sites (tertiary alicyclic amines) is 1. The number of carbonyl (C=O) groups excluding carboxylic acids is 2. The molecule has 4 unspecified atom stereocenters. The van der Waals surface area contributed by atoms with E-state index in [0.29, 0.717) is 18.5 Å². The van der Waals surface area contributed by atoms with Crippen LogP contribution in [-0.4, -0.2) is 67.1 Å². The minimum atomic E-state index is -0.320. The summed E-state index contributed by atoms with van der Waals surface area (Å²) in [5.41, 5.74) is 1.60. The van der Waals surface area contributed by atoms with E-state index in [9.17, 15) is 9.59 Å². The van der Waals surface area contributed by atoms with Crippen LogP contribution in [0.25, 0.3) is 10.8 Å². The molecule has 42 heavy (non-hydrogen) atoms. The number of hydrogen-bond donors (Lipinski definition) is 0. The SMILES string of the molecule is C=CCN1CCC2(c3cccc(OC)c3)CC(N(CC(C)C)C(=O)c3ccc4ccccc4c3)CC(OC(C)=O)C2C1. The van der Waals surface area contributed by atoms with Gasteiger partial charge in [0.2, 0.25) is 0 Å². The van der Waals surface area contributed by atoms with E-state index in [1.54, 1.807) is 7.11 Å². The molecule has 0 spiro atoms. The standard InChI is InChI=1S/C36H44N2O4/c1-6-17-37-18-16-36(30-12-9-13-32(20-30)41-5)22-31(21-34(33(36)24-37)42-26(4)39)38(23-25(2)3)35(40)29-15-14-27-10-7-8-11-28(27)19-29/h6-15,19-20,25,31,33-34H,1,16-18,21-24H2,2-5H3. The minimum Gasteiger partial charge on any atom is -0.497 e. The van der Waals surface area contributed by atoms with Crippen LogP contribution >= 0.6 is 0 Å². The molecule has 5 rings (SSSR count). The van der Waals surface area contributed by atoms with Crippen LogP contribution in [-0.2, 0) is 14.9 Å². The molecule has 1 saturated heterocycles. The lowest BCUT2D eigenvalue weighted by atomic mass is 9.56. The van der Waals surface area contributed by atoms with Crippen LogP contribution < -0.4 is 4.74 Å². The first-order chi connectivity index (χ1) is 20.2. The van der Waals surface area contributed by atoms with Gasteiger partial charge in [0.25, 0.3) is 5.91 Å². The van der Waals surface area contributed by atoms with Crippen molar-refractivity contribution in [3.63, 3.8) is 0 Å². The van der Waals surface area contributed by atoms with Gasteiger partial charge in [-0.15, -0.1) is 6.58 Å². The third kappa shape index (κ3) is 6.10. The zero-order valence-electron chi connectivity index (χ0n) is 25.4. The third-order valence-electron chi connectivity index (χ3n) is 9.20. The molecular weight excluding hydrogens is 524 g/mol. The van der Waals surface area contributed by atoms with Crippen molar-refractivity contribution in [1.29, 1.82) is 0 Å². The largest absolute Gasteiger partial charge is 0.497 e. The number of esters is 1. The molecule has 1 saturated carbocycles. The first-order valence-electron chi connectivity index (χ1n) is 15.2. The number of hydrogen-bond acceptors (Lipinski definition) is 5. The van der Waals surface area contributed by atoms with Crippen molar-refractivity contribution < 1.29 is 19.1 Å². The van der Waals surface area contributed by atoms with E-state index in [1.807, 2.05) is 48.5 Å². The predicted octanol–water partition coefficient (Wildman–Crippen LogP) is 6.49. The lowest BCUT2D eigenvalue weighted by Crippen LogP contribution is -2.62. The Morgan fingerprint density at radius 3 is 2.60 bits per heavy atom. The topological polar surface area (TPSA) is 59.1 Å². The molecule has 2 aliphatic rings. The average molecular weight is 569 g/mol. The quantitative estimate of drug-likeness (QED) is 0.218. The summed E-state index contributed by atoms with van der Waals surface area (Å²) in [6, 6.07) is 22.4. The molecule has 3 aromatic rings. The van der Waals surface area contributed by atoms with Crippen molar-refractivity contribution in [2.75, 3.05) is 33.3 Å². The van der Waals surface area contributed by atoms with E-state index in [2.05, 4.69) is 54.5 Å². The number of carbonyl (C=O) groups is 2. The fraction of sp³-hybridized carbons (Fsp3) is 0.444. The highest BCUT2D eigenvalue weighted by Crippen LogP contribution is 2.51. The Balaban J connectivity index is 1.59. The summed E-state index contributed by atoms with van der Waals surface area (Å²) in [6.45, 7) is 12.9. The van der Waals surface area contributed by atoms with Gasteiger partial charge in [0.15, 0.2) is 0 Å². The summed E-state index contributed by atoms with van der Waals surface area (Å²) in [5.74, 6) is 0.921. The molecule has 1 heterocycles. The van der Waals surface area contributed by atoms with E-state index >= 15 is 0 Å². The van der Waals surface area contributed by atoms with Crippen molar-refractivity contribution >= 4 is 22.6 Å². The van der Waals surface area contributed by atoms with Crippen molar-refractivity contribution in [1.82, 2.24) is 9.80 Å².